The maximum atomic E-state index is 5.97. The van der Waals surface area contributed by atoms with Crippen LogP contribution < -0.4 is 5.19 Å². The third kappa shape index (κ3) is 6.18. The monoisotopic (exact) mass is 574 g/mol. The molecule has 0 aliphatic rings. The fraction of sp³-hybridized carbons (Fsp3) is 0.0667. The summed E-state index contributed by atoms with van der Waals surface area (Å²) in [6.45, 7) is 4.34. The van der Waals surface area contributed by atoms with E-state index in [9.17, 15) is 0 Å². The Morgan fingerprint density at radius 2 is 1.09 bits per heavy atom. The fourth-order valence-electron chi connectivity index (χ4n) is 4.01. The zero-order valence-electron chi connectivity index (χ0n) is 19.3. The Labute approximate surface area is 216 Å². The van der Waals surface area contributed by atoms with Gasteiger partial charge < -0.3 is 0 Å². The molecular weight excluding hydrogens is 551 g/mol. The van der Waals surface area contributed by atoms with E-state index in [0.717, 1.165) is 0 Å². The fourth-order valence-corrected chi connectivity index (χ4v) is 11.6. The maximum absolute atomic E-state index is 5.97. The van der Waals surface area contributed by atoms with Gasteiger partial charge in [0.15, 0.2) is 0 Å². The van der Waals surface area contributed by atoms with Crippen LogP contribution in [0.5, 0.6) is 0 Å². The van der Waals surface area contributed by atoms with Gasteiger partial charge in [-0.2, -0.15) is 11.6 Å². The average molecular weight is 577 g/mol. The summed E-state index contributed by atoms with van der Waals surface area (Å²) in [5.74, 6) is 0. The van der Waals surface area contributed by atoms with Crippen molar-refractivity contribution in [1.82, 2.24) is 0 Å². The number of hydrogen-bond donors (Lipinski definition) is 0. The first-order valence-corrected chi connectivity index (χ1v) is 23.3. The van der Waals surface area contributed by atoms with E-state index in [1.165, 1.54) is 43.1 Å². The van der Waals surface area contributed by atoms with Gasteiger partial charge in [-0.3, -0.25) is 0 Å². The Morgan fingerprint density at radius 1 is 0.618 bits per heavy atom. The molecule has 0 bridgehead atoms. The predicted molar refractivity (Wildman–Crippen MR) is 151 cm³/mol. The molecule has 0 nitrogen and oxygen atoms in total. The van der Waals surface area contributed by atoms with Crippen molar-refractivity contribution in [1.29, 1.82) is 0 Å². The summed E-state index contributed by atoms with van der Waals surface area (Å²) in [5, 5.41) is 9.49. The molecule has 34 heavy (non-hydrogen) atoms. The minimum absolute atomic E-state index is 0.557. The molecule has 0 amide bonds. The Kier molecular flexibility index (Phi) is 8.98. The van der Waals surface area contributed by atoms with Crippen molar-refractivity contribution >= 4 is 60.0 Å². The van der Waals surface area contributed by atoms with Crippen molar-refractivity contribution in [2.75, 3.05) is 0 Å². The Balaban J connectivity index is 0.000000122. The molecule has 0 spiro atoms. The summed E-state index contributed by atoms with van der Waals surface area (Å²) >= 11 is -1.95. The number of halogens is 2. The molecule has 6 aromatic rings. The van der Waals surface area contributed by atoms with Crippen molar-refractivity contribution in [3.8, 4) is 0 Å². The molecule has 4 heteroatoms. The molecule has 6 aromatic carbocycles. The zero-order valence-corrected chi connectivity index (χ0v) is 24.3. The number of benzene rings is 4. The van der Waals surface area contributed by atoms with Gasteiger partial charge in [-0.1, -0.05) is 49.4 Å². The molecule has 0 heterocycles. The van der Waals surface area contributed by atoms with Crippen LogP contribution in [-0.2, 0) is 18.0 Å². The van der Waals surface area contributed by atoms with E-state index < -0.39 is 23.4 Å². The average Bonchev–Trinajstić information content (AvgIpc) is 3.45. The number of aryl methyl sites for hydroxylation is 1. The van der Waals surface area contributed by atoms with Crippen LogP contribution in [0.3, 0.4) is 0 Å². The molecule has 0 unspecified atom stereocenters. The topological polar surface area (TPSA) is 0 Å². The largest absolute Gasteiger partial charge is 0.156 e. The normalized spacial score (nSPS) is 10.4. The molecule has 0 aliphatic heterocycles. The van der Waals surface area contributed by atoms with Gasteiger partial charge in [0.25, 0.3) is 0 Å². The van der Waals surface area contributed by atoms with E-state index >= 15 is 0 Å². The Bertz CT molecular complexity index is 1490. The SMILES string of the molecule is C[Si](c1ccccc1)=[Zr]([Cl])[Cl].Cc1c[cH-]c2ccccc12.c1ccc2c(c1)[cH-]c1ccccc12. The van der Waals surface area contributed by atoms with E-state index in [2.05, 4.69) is 117 Å². The quantitative estimate of drug-likeness (QED) is 0.135. The van der Waals surface area contributed by atoms with Gasteiger partial charge in [0, 0.05) is 0 Å². The zero-order chi connectivity index (χ0) is 23.9. The van der Waals surface area contributed by atoms with E-state index in [1.807, 2.05) is 18.2 Å². The maximum Gasteiger partial charge on any atom is -0.0771 e. The molecule has 0 fully saturated rings. The molecule has 0 saturated heterocycles. The summed E-state index contributed by atoms with van der Waals surface area (Å²) in [7, 11) is 11.9. The third-order valence-electron chi connectivity index (χ3n) is 5.91. The van der Waals surface area contributed by atoms with E-state index in [4.69, 9.17) is 17.0 Å². The third-order valence-corrected chi connectivity index (χ3v) is 24.0. The van der Waals surface area contributed by atoms with Crippen molar-refractivity contribution in [2.24, 2.45) is 0 Å². The van der Waals surface area contributed by atoms with E-state index in [-0.39, 0.29) is 0 Å². The number of hydrogen-bond acceptors (Lipinski definition) is 0. The molecule has 0 aromatic heterocycles. The summed E-state index contributed by atoms with van der Waals surface area (Å²) in [5.41, 5.74) is 0.814. The molecule has 0 saturated carbocycles. The molecule has 6 rings (SSSR count). The molecule has 0 N–H and O–H groups in total. The van der Waals surface area contributed by atoms with Crippen LogP contribution in [0.25, 0.3) is 32.3 Å². The summed E-state index contributed by atoms with van der Waals surface area (Å²) in [6, 6.07) is 42.4. The second-order valence-corrected chi connectivity index (χ2v) is 29.1. The van der Waals surface area contributed by atoms with Crippen LogP contribution in [0.2, 0.25) is 6.55 Å². The Hall–Kier alpha value is -1.96. The van der Waals surface area contributed by atoms with Crippen molar-refractivity contribution in [3.63, 3.8) is 0 Å². The Morgan fingerprint density at radius 3 is 1.62 bits per heavy atom. The van der Waals surface area contributed by atoms with Gasteiger partial charge in [0.1, 0.15) is 0 Å². The molecule has 0 atom stereocenters. The minimum Gasteiger partial charge on any atom is -0.156 e. The first-order chi connectivity index (χ1) is 16.5. The van der Waals surface area contributed by atoms with Crippen LogP contribution in [0, 0.1) is 6.92 Å². The molecule has 0 radical (unpaired) electrons. The van der Waals surface area contributed by atoms with Crippen LogP contribution >= 0.6 is 17.0 Å². The second-order valence-electron chi connectivity index (χ2n) is 8.17. The van der Waals surface area contributed by atoms with Crippen molar-refractivity contribution in [3.05, 3.63) is 127 Å². The number of fused-ring (bicyclic) bond motifs is 4. The van der Waals surface area contributed by atoms with Gasteiger partial charge >= 0.3 is 82.5 Å². The van der Waals surface area contributed by atoms with Gasteiger partial charge in [-0.25, -0.2) is 0 Å². The second kappa shape index (κ2) is 12.1. The summed E-state index contributed by atoms with van der Waals surface area (Å²) in [6.07, 6.45) is 0. The van der Waals surface area contributed by atoms with Gasteiger partial charge in [0.2, 0.25) is 0 Å². The first-order valence-electron chi connectivity index (χ1n) is 11.3. The van der Waals surface area contributed by atoms with Gasteiger partial charge in [-0.15, -0.1) is 74.8 Å². The van der Waals surface area contributed by atoms with Crippen LogP contribution in [0.4, 0.5) is 0 Å². The number of rotatable bonds is 1. The first kappa shape index (κ1) is 25.1. The standard InChI is InChI=1S/C13H9.C10H9.C7H8Si.2ClH.Zr/c1-3-7-12-10(5-1)9-11-6-2-4-8-13(11)12;1-8-6-7-9-4-2-3-5-10(8)9;1-8-7-5-3-2-4-6-7;;;/h1-9H;2-7H,1H3;2-6H,1H3;2*1H;/q2*-1;;;;+2/p-2. The van der Waals surface area contributed by atoms with Crippen molar-refractivity contribution in [2.45, 2.75) is 13.5 Å². The summed E-state index contributed by atoms with van der Waals surface area (Å²) < 4.78 is 0. The van der Waals surface area contributed by atoms with Crippen LogP contribution in [-0.4, -0.2) is 5.43 Å². The van der Waals surface area contributed by atoms with E-state index in [1.54, 1.807) is 0 Å². The predicted octanol–water partition coefficient (Wildman–Crippen LogP) is 9.02. The smallest absolute Gasteiger partial charge is 0.0771 e. The minimum atomic E-state index is -1.95. The molecule has 0 aliphatic carbocycles. The van der Waals surface area contributed by atoms with Gasteiger partial charge in [0.05, 0.1) is 0 Å². The molecular formula is C30H26Cl2SiZr-2. The van der Waals surface area contributed by atoms with Crippen LogP contribution in [0.15, 0.2) is 121 Å². The van der Waals surface area contributed by atoms with Gasteiger partial charge in [-0.05, 0) is 0 Å². The molecule has 170 valence electrons. The summed E-state index contributed by atoms with van der Waals surface area (Å²) in [4.78, 5) is 0. The van der Waals surface area contributed by atoms with Crippen LogP contribution in [0.1, 0.15) is 5.56 Å². The van der Waals surface area contributed by atoms with E-state index in [0.29, 0.717) is 0 Å². The van der Waals surface area contributed by atoms with Crippen molar-refractivity contribution < 1.29 is 18.0 Å².